The van der Waals surface area contributed by atoms with Crippen LogP contribution in [0.25, 0.3) is 22.0 Å². The van der Waals surface area contributed by atoms with Crippen molar-refractivity contribution in [2.75, 3.05) is 12.4 Å². The number of amides is 1. The van der Waals surface area contributed by atoms with Gasteiger partial charge in [-0.3, -0.25) is 14.6 Å². The third kappa shape index (κ3) is 4.30. The molecule has 0 saturated heterocycles. The number of pyridine rings is 3. The van der Waals surface area contributed by atoms with E-state index in [9.17, 15) is 9.59 Å². The van der Waals surface area contributed by atoms with Crippen molar-refractivity contribution in [3.8, 4) is 11.3 Å². The quantitative estimate of drug-likeness (QED) is 0.460. The molecule has 4 rings (SSSR count). The fourth-order valence-corrected chi connectivity index (χ4v) is 3.42. The molecule has 7 heteroatoms. The highest BCUT2D eigenvalue weighted by atomic mass is 16.1. The Bertz CT molecular complexity index is 1330. The van der Waals surface area contributed by atoms with E-state index in [1.807, 2.05) is 38.1 Å². The second-order valence-corrected chi connectivity index (χ2v) is 7.11. The lowest BCUT2D eigenvalue weighted by Gasteiger charge is -2.13. The lowest BCUT2D eigenvalue weighted by Crippen LogP contribution is -2.18. The zero-order valence-electron chi connectivity index (χ0n) is 16.9. The Morgan fingerprint density at radius 1 is 1.06 bits per heavy atom. The molecule has 4 aromatic rings. The highest BCUT2D eigenvalue weighted by Gasteiger charge is 2.13. The Hall–Kier alpha value is -4.00. The predicted molar refractivity (Wildman–Crippen MR) is 125 cm³/mol. The maximum absolute atomic E-state index is 12.5. The van der Waals surface area contributed by atoms with Gasteiger partial charge in [-0.25, -0.2) is 4.98 Å². The molecule has 0 aliphatic heterocycles. The van der Waals surface area contributed by atoms with E-state index in [1.165, 1.54) is 0 Å². The molecule has 0 aliphatic rings. The number of aromatic amines is 1. The van der Waals surface area contributed by atoms with Crippen molar-refractivity contribution >= 4 is 28.2 Å². The number of H-pyrrole nitrogens is 1. The standard InChI is InChI=1S/C23H21N5O2.CH4/c1-13-8-16(12-25-11-13)19-10-15-6-7-26-23(30)20(15)21(28-19)27-17-4-5-18(14(2)9-17)22(29)24-3;/h4-12H,1-3H3,(H,24,29)(H,26,30)(H,27,28);1H4. The summed E-state index contributed by atoms with van der Waals surface area (Å²) in [6.07, 6.45) is 5.15. The lowest BCUT2D eigenvalue weighted by atomic mass is 10.1. The molecule has 31 heavy (non-hydrogen) atoms. The zero-order valence-corrected chi connectivity index (χ0v) is 16.9. The predicted octanol–water partition coefficient (Wildman–Crippen LogP) is 4.34. The van der Waals surface area contributed by atoms with E-state index in [0.29, 0.717) is 22.5 Å². The fraction of sp³-hybridized carbons (Fsp3) is 0.167. The van der Waals surface area contributed by atoms with Crippen molar-refractivity contribution in [2.45, 2.75) is 21.3 Å². The molecule has 3 N–H and O–H groups in total. The third-order valence-corrected chi connectivity index (χ3v) is 4.89. The van der Waals surface area contributed by atoms with Crippen molar-refractivity contribution in [1.82, 2.24) is 20.3 Å². The molecule has 1 aromatic carbocycles. The Labute approximate surface area is 180 Å². The van der Waals surface area contributed by atoms with Crippen LogP contribution in [0.4, 0.5) is 11.5 Å². The van der Waals surface area contributed by atoms with Gasteiger partial charge in [-0.15, -0.1) is 0 Å². The van der Waals surface area contributed by atoms with Gasteiger partial charge in [-0.2, -0.15) is 0 Å². The molecule has 3 heterocycles. The molecule has 0 unspecified atom stereocenters. The number of carbonyl (C=O) groups is 1. The molecule has 3 aromatic heterocycles. The Morgan fingerprint density at radius 3 is 2.58 bits per heavy atom. The van der Waals surface area contributed by atoms with Crippen molar-refractivity contribution in [3.05, 3.63) is 82.0 Å². The summed E-state index contributed by atoms with van der Waals surface area (Å²) in [6, 6.07) is 11.1. The summed E-state index contributed by atoms with van der Waals surface area (Å²) in [5.74, 6) is 0.297. The van der Waals surface area contributed by atoms with Gasteiger partial charge in [-0.1, -0.05) is 7.43 Å². The van der Waals surface area contributed by atoms with Crippen LogP contribution in [-0.4, -0.2) is 27.9 Å². The van der Waals surface area contributed by atoms with Gasteiger partial charge in [0.1, 0.15) is 5.82 Å². The normalized spacial score (nSPS) is 10.4. The van der Waals surface area contributed by atoms with E-state index in [2.05, 4.69) is 20.6 Å². The summed E-state index contributed by atoms with van der Waals surface area (Å²) in [7, 11) is 1.60. The summed E-state index contributed by atoms with van der Waals surface area (Å²) < 4.78 is 0. The maximum Gasteiger partial charge on any atom is 0.259 e. The number of rotatable bonds is 4. The number of benzene rings is 1. The van der Waals surface area contributed by atoms with Crippen LogP contribution in [0.2, 0.25) is 0 Å². The monoisotopic (exact) mass is 415 g/mol. The highest BCUT2D eigenvalue weighted by molar-refractivity contribution is 5.97. The molecule has 7 nitrogen and oxygen atoms in total. The molecule has 0 aliphatic carbocycles. The first-order valence-corrected chi connectivity index (χ1v) is 9.50. The number of hydrogen-bond donors (Lipinski definition) is 3. The SMILES string of the molecule is C.CNC(=O)c1ccc(Nc2nc(-c3cncc(C)c3)cc3cc[nH]c(=O)c23)cc1C. The summed E-state index contributed by atoms with van der Waals surface area (Å²) in [5.41, 5.74) is 4.52. The summed E-state index contributed by atoms with van der Waals surface area (Å²) in [4.78, 5) is 36.2. The maximum atomic E-state index is 12.5. The molecule has 0 saturated carbocycles. The summed E-state index contributed by atoms with van der Waals surface area (Å²) in [5, 5.41) is 7.12. The lowest BCUT2D eigenvalue weighted by molar-refractivity contribution is 0.0962. The summed E-state index contributed by atoms with van der Waals surface area (Å²) in [6.45, 7) is 3.83. The van der Waals surface area contributed by atoms with Crippen LogP contribution >= 0.6 is 0 Å². The topological polar surface area (TPSA) is 99.8 Å². The van der Waals surface area contributed by atoms with E-state index in [-0.39, 0.29) is 18.9 Å². The van der Waals surface area contributed by atoms with Crippen LogP contribution in [0, 0.1) is 13.8 Å². The first kappa shape index (κ1) is 21.7. The molecular formula is C24H25N5O2. The van der Waals surface area contributed by atoms with E-state index >= 15 is 0 Å². The molecule has 0 bridgehead atoms. The number of hydrogen-bond acceptors (Lipinski definition) is 5. The van der Waals surface area contributed by atoms with E-state index in [4.69, 9.17) is 4.98 Å². The Morgan fingerprint density at radius 2 is 1.87 bits per heavy atom. The largest absolute Gasteiger partial charge is 0.355 e. The molecule has 0 spiro atoms. The number of aryl methyl sites for hydroxylation is 2. The average Bonchev–Trinajstić information content (AvgIpc) is 2.73. The van der Waals surface area contributed by atoms with Crippen molar-refractivity contribution in [3.63, 3.8) is 0 Å². The number of carbonyl (C=O) groups excluding carboxylic acids is 1. The number of fused-ring (bicyclic) bond motifs is 1. The van der Waals surface area contributed by atoms with E-state index < -0.39 is 0 Å². The van der Waals surface area contributed by atoms with Gasteiger partial charge in [0.25, 0.3) is 11.5 Å². The second-order valence-electron chi connectivity index (χ2n) is 7.11. The van der Waals surface area contributed by atoms with Crippen LogP contribution in [-0.2, 0) is 0 Å². The van der Waals surface area contributed by atoms with Crippen LogP contribution in [0.15, 0.2) is 59.8 Å². The molecule has 0 radical (unpaired) electrons. The Kier molecular flexibility index (Phi) is 6.15. The van der Waals surface area contributed by atoms with Crippen LogP contribution < -0.4 is 16.2 Å². The average molecular weight is 415 g/mol. The van der Waals surface area contributed by atoms with Gasteiger partial charge in [-0.05, 0) is 66.8 Å². The second kappa shape index (κ2) is 8.79. The smallest absolute Gasteiger partial charge is 0.259 e. The molecular weight excluding hydrogens is 390 g/mol. The fourth-order valence-electron chi connectivity index (χ4n) is 3.42. The van der Waals surface area contributed by atoms with Crippen LogP contribution in [0.5, 0.6) is 0 Å². The minimum atomic E-state index is -0.227. The van der Waals surface area contributed by atoms with Gasteiger partial charge < -0.3 is 15.6 Å². The minimum Gasteiger partial charge on any atom is -0.355 e. The van der Waals surface area contributed by atoms with E-state index in [0.717, 1.165) is 27.8 Å². The van der Waals surface area contributed by atoms with Crippen LogP contribution in [0.3, 0.4) is 0 Å². The number of nitrogens with one attached hydrogen (secondary N) is 3. The third-order valence-electron chi connectivity index (χ3n) is 4.89. The van der Waals surface area contributed by atoms with Gasteiger partial charge in [0, 0.05) is 42.5 Å². The molecule has 0 atom stereocenters. The number of nitrogens with zero attached hydrogens (tertiary/aromatic N) is 2. The van der Waals surface area contributed by atoms with Gasteiger partial charge >= 0.3 is 0 Å². The number of anilines is 2. The molecule has 1 amide bonds. The van der Waals surface area contributed by atoms with Crippen molar-refractivity contribution in [1.29, 1.82) is 0 Å². The van der Waals surface area contributed by atoms with Crippen molar-refractivity contribution < 1.29 is 4.79 Å². The van der Waals surface area contributed by atoms with Crippen LogP contribution in [0.1, 0.15) is 28.9 Å². The molecule has 158 valence electrons. The minimum absolute atomic E-state index is 0. The first-order chi connectivity index (χ1) is 14.5. The summed E-state index contributed by atoms with van der Waals surface area (Å²) >= 11 is 0. The number of aromatic nitrogens is 3. The zero-order chi connectivity index (χ0) is 21.3. The first-order valence-electron chi connectivity index (χ1n) is 9.50. The van der Waals surface area contributed by atoms with Gasteiger partial charge in [0.05, 0.1) is 11.1 Å². The van der Waals surface area contributed by atoms with Crippen molar-refractivity contribution in [2.24, 2.45) is 0 Å². The van der Waals surface area contributed by atoms with E-state index in [1.54, 1.807) is 37.8 Å². The van der Waals surface area contributed by atoms with Gasteiger partial charge in [0.2, 0.25) is 0 Å². The van der Waals surface area contributed by atoms with Gasteiger partial charge in [0.15, 0.2) is 0 Å². The highest BCUT2D eigenvalue weighted by Crippen LogP contribution is 2.28. The molecule has 0 fully saturated rings. The Balaban J connectivity index is 0.00000272.